The Balaban J connectivity index is 2.40. The summed E-state index contributed by atoms with van der Waals surface area (Å²) in [5.74, 6) is -0.688. The van der Waals surface area contributed by atoms with Crippen molar-refractivity contribution in [3.8, 4) is 0 Å². The summed E-state index contributed by atoms with van der Waals surface area (Å²) in [4.78, 5) is 15.9. The highest BCUT2D eigenvalue weighted by Gasteiger charge is 2.25. The Morgan fingerprint density at radius 1 is 1.38 bits per heavy atom. The Morgan fingerprint density at radius 2 is 2.12 bits per heavy atom. The van der Waals surface area contributed by atoms with Gasteiger partial charge in [0.05, 0.1) is 7.11 Å². The normalized spacial score (nSPS) is 12.1. The van der Waals surface area contributed by atoms with Crippen LogP contribution in [0.2, 0.25) is 0 Å². The quantitative estimate of drug-likeness (QED) is 0.764. The molecule has 0 fully saturated rings. The number of benzene rings is 1. The van der Waals surface area contributed by atoms with Crippen molar-refractivity contribution in [1.29, 1.82) is 0 Å². The van der Waals surface area contributed by atoms with Gasteiger partial charge in [-0.25, -0.2) is 4.98 Å². The SMILES string of the molecule is COC(=O)[C@H](c1ccccc1)c1nccs1. The fraction of sp³-hybridized carbons (Fsp3) is 0.167. The summed E-state index contributed by atoms with van der Waals surface area (Å²) in [5.41, 5.74) is 0.907. The summed E-state index contributed by atoms with van der Waals surface area (Å²) < 4.78 is 4.82. The van der Waals surface area contributed by atoms with Gasteiger partial charge in [-0.2, -0.15) is 0 Å². The molecule has 82 valence electrons. The van der Waals surface area contributed by atoms with Gasteiger partial charge in [0.2, 0.25) is 0 Å². The van der Waals surface area contributed by atoms with Crippen LogP contribution in [-0.2, 0) is 9.53 Å². The molecular weight excluding hydrogens is 222 g/mol. The monoisotopic (exact) mass is 233 g/mol. The summed E-state index contributed by atoms with van der Waals surface area (Å²) in [5, 5.41) is 2.62. The van der Waals surface area contributed by atoms with E-state index >= 15 is 0 Å². The zero-order valence-corrected chi connectivity index (χ0v) is 9.61. The number of hydrogen-bond donors (Lipinski definition) is 0. The number of thiazole rings is 1. The van der Waals surface area contributed by atoms with Crippen molar-refractivity contribution in [2.24, 2.45) is 0 Å². The first-order chi connectivity index (χ1) is 7.83. The molecule has 0 aliphatic carbocycles. The number of ether oxygens (including phenoxy) is 1. The van der Waals surface area contributed by atoms with Gasteiger partial charge in [-0.15, -0.1) is 11.3 Å². The highest BCUT2D eigenvalue weighted by Crippen LogP contribution is 2.27. The molecule has 1 aromatic heterocycles. The van der Waals surface area contributed by atoms with Crippen molar-refractivity contribution in [3.05, 3.63) is 52.5 Å². The molecule has 0 amide bonds. The van der Waals surface area contributed by atoms with E-state index < -0.39 is 5.92 Å². The minimum absolute atomic E-state index is 0.277. The van der Waals surface area contributed by atoms with Crippen molar-refractivity contribution in [2.75, 3.05) is 7.11 Å². The third-order valence-electron chi connectivity index (χ3n) is 2.27. The lowest BCUT2D eigenvalue weighted by atomic mass is 10.0. The van der Waals surface area contributed by atoms with Crippen LogP contribution in [0.5, 0.6) is 0 Å². The fourth-order valence-electron chi connectivity index (χ4n) is 1.52. The molecule has 2 rings (SSSR count). The first kappa shape index (κ1) is 10.8. The standard InChI is InChI=1S/C12H11NO2S/c1-15-12(14)10(11-13-7-8-16-11)9-5-3-2-4-6-9/h2-8,10H,1H3/t10-/m1/s1. The van der Waals surface area contributed by atoms with Crippen LogP contribution in [0.1, 0.15) is 16.5 Å². The lowest BCUT2D eigenvalue weighted by molar-refractivity contribution is -0.141. The lowest BCUT2D eigenvalue weighted by Crippen LogP contribution is -2.15. The van der Waals surface area contributed by atoms with Crippen molar-refractivity contribution in [1.82, 2.24) is 4.98 Å². The van der Waals surface area contributed by atoms with Crippen molar-refractivity contribution in [3.63, 3.8) is 0 Å². The van der Waals surface area contributed by atoms with Crippen LogP contribution >= 0.6 is 11.3 Å². The van der Waals surface area contributed by atoms with Crippen molar-refractivity contribution in [2.45, 2.75) is 5.92 Å². The summed E-state index contributed by atoms with van der Waals surface area (Å²) >= 11 is 1.46. The van der Waals surface area contributed by atoms with Gasteiger partial charge in [-0.1, -0.05) is 30.3 Å². The number of carbonyl (C=O) groups excluding carboxylic acids is 1. The number of hydrogen-bond acceptors (Lipinski definition) is 4. The van der Waals surface area contributed by atoms with Crippen LogP contribution in [-0.4, -0.2) is 18.1 Å². The van der Waals surface area contributed by atoms with Crippen LogP contribution in [0.25, 0.3) is 0 Å². The van der Waals surface area contributed by atoms with Crippen LogP contribution < -0.4 is 0 Å². The molecule has 3 nitrogen and oxygen atoms in total. The number of carbonyl (C=O) groups is 1. The number of rotatable bonds is 3. The average molecular weight is 233 g/mol. The highest BCUT2D eigenvalue weighted by molar-refractivity contribution is 7.09. The molecule has 2 aromatic rings. The first-order valence-corrected chi connectivity index (χ1v) is 5.73. The Kier molecular flexibility index (Phi) is 3.31. The van der Waals surface area contributed by atoms with Gasteiger partial charge in [-0.05, 0) is 5.56 Å². The Labute approximate surface area is 97.7 Å². The molecule has 1 atom stereocenters. The predicted molar refractivity (Wildman–Crippen MR) is 62.4 cm³/mol. The van der Waals surface area contributed by atoms with E-state index in [1.165, 1.54) is 18.4 Å². The third kappa shape index (κ3) is 2.12. The smallest absolute Gasteiger partial charge is 0.320 e. The summed E-state index contributed by atoms with van der Waals surface area (Å²) in [6.07, 6.45) is 1.69. The maximum Gasteiger partial charge on any atom is 0.320 e. The van der Waals surface area contributed by atoms with E-state index in [0.29, 0.717) is 0 Å². The van der Waals surface area contributed by atoms with Gasteiger partial charge >= 0.3 is 5.97 Å². The van der Waals surface area contributed by atoms with Gasteiger partial charge < -0.3 is 4.74 Å². The van der Waals surface area contributed by atoms with Crippen LogP contribution in [0.15, 0.2) is 41.9 Å². The summed E-state index contributed by atoms with van der Waals surface area (Å²) in [6.45, 7) is 0. The zero-order valence-electron chi connectivity index (χ0n) is 8.79. The second kappa shape index (κ2) is 4.90. The predicted octanol–water partition coefficient (Wildman–Crippen LogP) is 2.45. The fourth-order valence-corrected chi connectivity index (χ4v) is 2.27. The second-order valence-corrected chi connectivity index (χ2v) is 4.16. The molecule has 0 radical (unpaired) electrons. The van der Waals surface area contributed by atoms with E-state index in [9.17, 15) is 4.79 Å². The van der Waals surface area contributed by atoms with E-state index in [1.807, 2.05) is 35.7 Å². The molecule has 0 bridgehead atoms. The van der Waals surface area contributed by atoms with E-state index in [1.54, 1.807) is 6.20 Å². The van der Waals surface area contributed by atoms with Crippen LogP contribution in [0.4, 0.5) is 0 Å². The minimum atomic E-state index is -0.411. The van der Waals surface area contributed by atoms with Gasteiger partial charge in [0.25, 0.3) is 0 Å². The Bertz CT molecular complexity index is 453. The number of methoxy groups -OCH3 is 1. The van der Waals surface area contributed by atoms with E-state index in [4.69, 9.17) is 4.74 Å². The number of esters is 1. The highest BCUT2D eigenvalue weighted by atomic mass is 32.1. The average Bonchev–Trinajstić information content (AvgIpc) is 2.84. The lowest BCUT2D eigenvalue weighted by Gasteiger charge is -2.11. The van der Waals surface area contributed by atoms with Gasteiger partial charge in [0.1, 0.15) is 10.9 Å². The minimum Gasteiger partial charge on any atom is -0.468 e. The maximum absolute atomic E-state index is 11.8. The van der Waals surface area contributed by atoms with Crippen molar-refractivity contribution < 1.29 is 9.53 Å². The molecule has 1 aromatic carbocycles. The molecule has 0 spiro atoms. The molecule has 0 saturated heterocycles. The Morgan fingerprint density at radius 3 is 2.69 bits per heavy atom. The van der Waals surface area contributed by atoms with Crippen LogP contribution in [0.3, 0.4) is 0 Å². The molecule has 0 aliphatic rings. The molecule has 0 saturated carbocycles. The van der Waals surface area contributed by atoms with Gasteiger partial charge in [0.15, 0.2) is 0 Å². The molecule has 0 unspecified atom stereocenters. The molecule has 0 N–H and O–H groups in total. The maximum atomic E-state index is 11.8. The Hall–Kier alpha value is -1.68. The molecule has 16 heavy (non-hydrogen) atoms. The largest absolute Gasteiger partial charge is 0.468 e. The molecule has 1 heterocycles. The second-order valence-electron chi connectivity index (χ2n) is 3.24. The summed E-state index contributed by atoms with van der Waals surface area (Å²) in [7, 11) is 1.39. The first-order valence-electron chi connectivity index (χ1n) is 4.85. The third-order valence-corrected chi connectivity index (χ3v) is 3.11. The summed E-state index contributed by atoms with van der Waals surface area (Å²) in [6, 6.07) is 9.53. The molecular formula is C12H11NO2S. The van der Waals surface area contributed by atoms with Crippen LogP contribution in [0, 0.1) is 0 Å². The van der Waals surface area contributed by atoms with E-state index in [0.717, 1.165) is 10.6 Å². The molecule has 4 heteroatoms. The molecule has 0 aliphatic heterocycles. The topological polar surface area (TPSA) is 39.2 Å². The van der Waals surface area contributed by atoms with Gasteiger partial charge in [0, 0.05) is 11.6 Å². The van der Waals surface area contributed by atoms with Crippen molar-refractivity contribution >= 4 is 17.3 Å². The number of aromatic nitrogens is 1. The van der Waals surface area contributed by atoms with E-state index in [-0.39, 0.29) is 5.97 Å². The number of nitrogens with zero attached hydrogens (tertiary/aromatic N) is 1. The van der Waals surface area contributed by atoms with Gasteiger partial charge in [-0.3, -0.25) is 4.79 Å². The van der Waals surface area contributed by atoms with E-state index in [2.05, 4.69) is 4.98 Å². The zero-order chi connectivity index (χ0) is 11.4.